The molecule has 0 atom stereocenters. The number of benzene rings is 1. The standard InChI is InChI=1S/C12H7F2NO2/c13-9-3-1-7(2-4-9)8-5-10(14)11(12(16)17)15-6-8/h1-6H,(H,16,17). The lowest BCUT2D eigenvalue weighted by molar-refractivity contribution is 0.0685. The molecule has 0 saturated heterocycles. The number of pyridine rings is 1. The van der Waals surface area contributed by atoms with Gasteiger partial charge in [0.2, 0.25) is 0 Å². The molecular formula is C12H7F2NO2. The number of hydrogen-bond acceptors (Lipinski definition) is 2. The summed E-state index contributed by atoms with van der Waals surface area (Å²) in [6.07, 6.45) is 1.24. The Hall–Kier alpha value is -2.30. The minimum absolute atomic E-state index is 0.396. The maximum absolute atomic E-state index is 13.3. The molecule has 86 valence electrons. The Morgan fingerprint density at radius 2 is 1.76 bits per heavy atom. The van der Waals surface area contributed by atoms with Gasteiger partial charge in [0.25, 0.3) is 0 Å². The number of hydrogen-bond donors (Lipinski definition) is 1. The Morgan fingerprint density at radius 1 is 1.12 bits per heavy atom. The van der Waals surface area contributed by atoms with Gasteiger partial charge in [-0.2, -0.15) is 0 Å². The highest BCUT2D eigenvalue weighted by Crippen LogP contribution is 2.20. The van der Waals surface area contributed by atoms with Crippen molar-refractivity contribution in [2.75, 3.05) is 0 Å². The van der Waals surface area contributed by atoms with E-state index in [0.29, 0.717) is 11.1 Å². The molecule has 3 nitrogen and oxygen atoms in total. The molecule has 17 heavy (non-hydrogen) atoms. The third-order valence-electron chi connectivity index (χ3n) is 2.22. The molecule has 0 aliphatic heterocycles. The highest BCUT2D eigenvalue weighted by Gasteiger charge is 2.12. The minimum Gasteiger partial charge on any atom is -0.476 e. The van der Waals surface area contributed by atoms with Gasteiger partial charge in [-0.05, 0) is 23.8 Å². The van der Waals surface area contributed by atoms with Crippen LogP contribution in [0.15, 0.2) is 36.5 Å². The highest BCUT2D eigenvalue weighted by atomic mass is 19.1. The van der Waals surface area contributed by atoms with E-state index in [1.165, 1.54) is 30.5 Å². The Balaban J connectivity index is 2.44. The maximum atomic E-state index is 13.3. The van der Waals surface area contributed by atoms with Crippen molar-refractivity contribution in [2.45, 2.75) is 0 Å². The van der Waals surface area contributed by atoms with Crippen LogP contribution in [0.1, 0.15) is 10.5 Å². The number of carboxylic acid groups (broad SMARTS) is 1. The van der Waals surface area contributed by atoms with Crippen LogP contribution in [0.5, 0.6) is 0 Å². The summed E-state index contributed by atoms with van der Waals surface area (Å²) >= 11 is 0. The molecule has 5 heteroatoms. The van der Waals surface area contributed by atoms with E-state index >= 15 is 0 Å². The Kier molecular flexibility index (Phi) is 2.82. The van der Waals surface area contributed by atoms with Gasteiger partial charge in [-0.15, -0.1) is 0 Å². The van der Waals surface area contributed by atoms with Crippen molar-refractivity contribution < 1.29 is 18.7 Å². The van der Waals surface area contributed by atoms with Crippen LogP contribution in [0.3, 0.4) is 0 Å². The van der Waals surface area contributed by atoms with Crippen molar-refractivity contribution in [3.63, 3.8) is 0 Å². The number of halogens is 2. The average Bonchev–Trinajstić information content (AvgIpc) is 2.29. The van der Waals surface area contributed by atoms with Crippen LogP contribution >= 0.6 is 0 Å². The van der Waals surface area contributed by atoms with E-state index in [-0.39, 0.29) is 0 Å². The van der Waals surface area contributed by atoms with Gasteiger partial charge in [-0.1, -0.05) is 12.1 Å². The molecule has 0 spiro atoms. The fourth-order valence-electron chi connectivity index (χ4n) is 1.40. The number of aromatic carboxylic acids is 1. The van der Waals surface area contributed by atoms with Crippen LogP contribution in [0.25, 0.3) is 11.1 Å². The molecule has 0 fully saturated rings. The molecule has 0 radical (unpaired) electrons. The summed E-state index contributed by atoms with van der Waals surface area (Å²) in [7, 11) is 0. The topological polar surface area (TPSA) is 50.2 Å². The number of carboxylic acids is 1. The van der Waals surface area contributed by atoms with Gasteiger partial charge in [0, 0.05) is 11.8 Å². The van der Waals surface area contributed by atoms with Crippen LogP contribution < -0.4 is 0 Å². The van der Waals surface area contributed by atoms with Crippen LogP contribution in [-0.2, 0) is 0 Å². The molecule has 0 aliphatic carbocycles. The molecule has 0 bridgehead atoms. The first-order valence-corrected chi connectivity index (χ1v) is 4.72. The highest BCUT2D eigenvalue weighted by molar-refractivity contribution is 5.86. The van der Waals surface area contributed by atoms with E-state index in [4.69, 9.17) is 5.11 Å². The van der Waals surface area contributed by atoms with E-state index in [9.17, 15) is 13.6 Å². The van der Waals surface area contributed by atoms with Gasteiger partial charge in [-0.3, -0.25) is 0 Å². The van der Waals surface area contributed by atoms with Crippen LogP contribution in [0, 0.1) is 11.6 Å². The molecule has 2 aromatic rings. The van der Waals surface area contributed by atoms with Gasteiger partial charge in [0.1, 0.15) is 5.82 Å². The van der Waals surface area contributed by atoms with E-state index in [1.807, 2.05) is 0 Å². The Bertz CT molecular complexity index is 567. The predicted octanol–water partition coefficient (Wildman–Crippen LogP) is 2.73. The van der Waals surface area contributed by atoms with Gasteiger partial charge >= 0.3 is 5.97 Å². The summed E-state index contributed by atoms with van der Waals surface area (Å²) in [4.78, 5) is 14.1. The van der Waals surface area contributed by atoms with Crippen molar-refractivity contribution in [1.82, 2.24) is 4.98 Å². The zero-order chi connectivity index (χ0) is 12.4. The van der Waals surface area contributed by atoms with Crippen molar-refractivity contribution in [3.05, 3.63) is 53.9 Å². The lowest BCUT2D eigenvalue weighted by Crippen LogP contribution is -2.03. The molecule has 0 unspecified atom stereocenters. The maximum Gasteiger partial charge on any atom is 0.357 e. The SMILES string of the molecule is O=C(O)c1ncc(-c2ccc(F)cc2)cc1F. The smallest absolute Gasteiger partial charge is 0.357 e. The van der Waals surface area contributed by atoms with E-state index in [1.54, 1.807) is 0 Å². The quantitative estimate of drug-likeness (QED) is 0.870. The van der Waals surface area contributed by atoms with E-state index < -0.39 is 23.3 Å². The fourth-order valence-corrected chi connectivity index (χ4v) is 1.40. The summed E-state index contributed by atoms with van der Waals surface area (Å²) in [5.41, 5.74) is 0.332. The second-order valence-electron chi connectivity index (χ2n) is 3.37. The number of aromatic nitrogens is 1. The zero-order valence-electron chi connectivity index (χ0n) is 8.52. The molecule has 1 heterocycles. The largest absolute Gasteiger partial charge is 0.476 e. The normalized spacial score (nSPS) is 10.2. The van der Waals surface area contributed by atoms with E-state index in [0.717, 1.165) is 6.07 Å². The average molecular weight is 235 g/mol. The van der Waals surface area contributed by atoms with Crippen molar-refractivity contribution in [2.24, 2.45) is 0 Å². The second kappa shape index (κ2) is 4.29. The summed E-state index contributed by atoms with van der Waals surface area (Å²) in [6, 6.07) is 6.46. The molecule has 0 saturated carbocycles. The lowest BCUT2D eigenvalue weighted by Gasteiger charge is -2.02. The van der Waals surface area contributed by atoms with Gasteiger partial charge in [0.15, 0.2) is 11.5 Å². The van der Waals surface area contributed by atoms with Crippen molar-refractivity contribution >= 4 is 5.97 Å². The second-order valence-corrected chi connectivity index (χ2v) is 3.37. The fraction of sp³-hybridized carbons (Fsp3) is 0. The summed E-state index contributed by atoms with van der Waals surface area (Å²) < 4.78 is 26.0. The minimum atomic E-state index is -1.42. The number of nitrogens with zero attached hydrogens (tertiary/aromatic N) is 1. The molecule has 0 aliphatic rings. The van der Waals surface area contributed by atoms with Gasteiger partial charge < -0.3 is 5.11 Å². The molecular weight excluding hydrogens is 228 g/mol. The van der Waals surface area contributed by atoms with Crippen molar-refractivity contribution in [1.29, 1.82) is 0 Å². The first-order valence-electron chi connectivity index (χ1n) is 4.72. The number of carbonyl (C=O) groups is 1. The van der Waals surface area contributed by atoms with Gasteiger partial charge in [-0.25, -0.2) is 18.6 Å². The lowest BCUT2D eigenvalue weighted by atomic mass is 10.1. The molecule has 1 aromatic heterocycles. The molecule has 1 aromatic carbocycles. The first kappa shape index (κ1) is 11.2. The zero-order valence-corrected chi connectivity index (χ0v) is 8.52. The monoisotopic (exact) mass is 235 g/mol. The van der Waals surface area contributed by atoms with E-state index in [2.05, 4.69) is 4.98 Å². The van der Waals surface area contributed by atoms with Gasteiger partial charge in [0.05, 0.1) is 0 Å². The van der Waals surface area contributed by atoms with Crippen LogP contribution in [0.2, 0.25) is 0 Å². The van der Waals surface area contributed by atoms with Crippen LogP contribution in [-0.4, -0.2) is 16.1 Å². The third-order valence-corrected chi connectivity index (χ3v) is 2.22. The number of rotatable bonds is 2. The first-order chi connectivity index (χ1) is 8.08. The molecule has 1 N–H and O–H groups in total. The predicted molar refractivity (Wildman–Crippen MR) is 56.5 cm³/mol. The Morgan fingerprint density at radius 3 is 2.29 bits per heavy atom. The van der Waals surface area contributed by atoms with Crippen molar-refractivity contribution in [3.8, 4) is 11.1 Å². The van der Waals surface area contributed by atoms with Crippen LogP contribution in [0.4, 0.5) is 8.78 Å². The molecule has 0 amide bonds. The summed E-state index contributed by atoms with van der Waals surface area (Å²) in [6.45, 7) is 0. The molecule has 2 rings (SSSR count). The Labute approximate surface area is 95.4 Å². The third kappa shape index (κ3) is 2.28. The summed E-state index contributed by atoms with van der Waals surface area (Å²) in [5, 5.41) is 8.61. The summed E-state index contributed by atoms with van der Waals surface area (Å²) in [5.74, 6) is -2.74.